The van der Waals surface area contributed by atoms with Crippen LogP contribution in [0.15, 0.2) is 53.4 Å². The Kier molecular flexibility index (Phi) is 6.23. The molecule has 0 atom stereocenters. The molecule has 1 aliphatic heterocycles. The van der Waals surface area contributed by atoms with E-state index in [-0.39, 0.29) is 42.5 Å². The van der Waals surface area contributed by atoms with E-state index in [1.807, 2.05) is 0 Å². The molecule has 1 aliphatic rings. The molecule has 0 unspecified atom stereocenters. The van der Waals surface area contributed by atoms with Crippen LogP contribution in [0, 0.1) is 15.9 Å². The molecule has 1 amide bonds. The molecule has 29 heavy (non-hydrogen) atoms. The van der Waals surface area contributed by atoms with Crippen molar-refractivity contribution >= 4 is 21.6 Å². The van der Waals surface area contributed by atoms with Crippen LogP contribution < -0.4 is 0 Å². The van der Waals surface area contributed by atoms with Gasteiger partial charge in [0.25, 0.3) is 5.69 Å². The Balaban J connectivity index is 1.69. The highest BCUT2D eigenvalue weighted by Gasteiger charge is 2.29. The van der Waals surface area contributed by atoms with Crippen molar-refractivity contribution in [1.29, 1.82) is 0 Å². The third kappa shape index (κ3) is 4.77. The van der Waals surface area contributed by atoms with Crippen molar-refractivity contribution in [2.75, 3.05) is 26.2 Å². The number of hydrogen-bond donors (Lipinski definition) is 0. The van der Waals surface area contributed by atoms with Crippen LogP contribution in [0.1, 0.15) is 12.0 Å². The zero-order valence-electron chi connectivity index (χ0n) is 15.5. The molecule has 0 N–H and O–H groups in total. The van der Waals surface area contributed by atoms with Gasteiger partial charge >= 0.3 is 0 Å². The van der Waals surface area contributed by atoms with Crippen LogP contribution in [0.25, 0.3) is 0 Å². The molecule has 0 radical (unpaired) electrons. The van der Waals surface area contributed by atoms with Crippen molar-refractivity contribution in [2.45, 2.75) is 17.7 Å². The molecule has 10 heteroatoms. The summed E-state index contributed by atoms with van der Waals surface area (Å²) in [6, 6.07) is 10.7. The van der Waals surface area contributed by atoms with Gasteiger partial charge in [-0.05, 0) is 30.7 Å². The quantitative estimate of drug-likeness (QED) is 0.544. The number of nitrogens with zero attached hydrogens (tertiary/aromatic N) is 3. The van der Waals surface area contributed by atoms with E-state index in [4.69, 9.17) is 0 Å². The fraction of sp³-hybridized carbons (Fsp3) is 0.316. The van der Waals surface area contributed by atoms with Gasteiger partial charge in [-0.3, -0.25) is 14.9 Å². The molecule has 1 saturated heterocycles. The first kappa shape index (κ1) is 20.9. The molecule has 0 aliphatic carbocycles. The topological polar surface area (TPSA) is 101 Å². The lowest BCUT2D eigenvalue weighted by atomic mass is 10.1. The number of benzene rings is 2. The molecule has 2 aromatic carbocycles. The third-order valence-electron chi connectivity index (χ3n) is 4.79. The number of nitro groups is 1. The maximum atomic E-state index is 13.1. The number of carbonyl (C=O) groups is 1. The Morgan fingerprint density at radius 1 is 1.03 bits per heavy atom. The first-order valence-corrected chi connectivity index (χ1v) is 10.5. The van der Waals surface area contributed by atoms with Crippen LogP contribution in [-0.2, 0) is 21.2 Å². The lowest BCUT2D eigenvalue weighted by molar-refractivity contribution is -0.385. The van der Waals surface area contributed by atoms with Gasteiger partial charge < -0.3 is 4.90 Å². The van der Waals surface area contributed by atoms with Gasteiger partial charge in [-0.2, -0.15) is 4.31 Å². The fourth-order valence-electron chi connectivity index (χ4n) is 3.25. The highest BCUT2D eigenvalue weighted by atomic mass is 32.2. The smallest absolute Gasteiger partial charge is 0.273 e. The summed E-state index contributed by atoms with van der Waals surface area (Å²) in [6.07, 6.45) is 0.310. The molecule has 0 bridgehead atoms. The van der Waals surface area contributed by atoms with Gasteiger partial charge in [0.2, 0.25) is 15.9 Å². The minimum atomic E-state index is -3.79. The van der Waals surface area contributed by atoms with Gasteiger partial charge in [0.05, 0.1) is 16.2 Å². The van der Waals surface area contributed by atoms with E-state index in [0.717, 1.165) is 12.1 Å². The second-order valence-electron chi connectivity index (χ2n) is 6.65. The predicted octanol–water partition coefficient (Wildman–Crippen LogP) is 2.20. The minimum absolute atomic E-state index is 0.00131. The molecular formula is C19H20FN3O5S. The average Bonchev–Trinajstić information content (AvgIpc) is 2.95. The first-order chi connectivity index (χ1) is 13.8. The van der Waals surface area contributed by atoms with E-state index in [1.54, 1.807) is 12.1 Å². The minimum Gasteiger partial charge on any atom is -0.341 e. The molecule has 0 aromatic heterocycles. The Bertz CT molecular complexity index is 1010. The summed E-state index contributed by atoms with van der Waals surface area (Å²) in [6.45, 7) is 0.867. The Morgan fingerprint density at radius 3 is 2.41 bits per heavy atom. The zero-order valence-corrected chi connectivity index (χ0v) is 16.3. The number of rotatable bonds is 5. The van der Waals surface area contributed by atoms with Crippen molar-refractivity contribution in [2.24, 2.45) is 0 Å². The Morgan fingerprint density at radius 2 is 1.72 bits per heavy atom. The van der Waals surface area contributed by atoms with Gasteiger partial charge in [0.1, 0.15) is 5.82 Å². The lowest BCUT2D eigenvalue weighted by Gasteiger charge is -2.22. The first-order valence-electron chi connectivity index (χ1n) is 9.05. The van der Waals surface area contributed by atoms with E-state index >= 15 is 0 Å². The van der Waals surface area contributed by atoms with Crippen LogP contribution in [0.5, 0.6) is 0 Å². The summed E-state index contributed by atoms with van der Waals surface area (Å²) in [5.74, 6) is -0.813. The van der Waals surface area contributed by atoms with Crippen LogP contribution in [0.2, 0.25) is 0 Å². The molecular weight excluding hydrogens is 401 g/mol. The summed E-state index contributed by atoms with van der Waals surface area (Å²) in [4.78, 5) is 24.8. The molecule has 0 saturated carbocycles. The van der Waals surface area contributed by atoms with E-state index < -0.39 is 20.8 Å². The number of halogens is 1. The SMILES string of the molecule is O=C(Cc1ccccc1[N+](=O)[O-])N1CCCN(S(=O)(=O)c2ccc(F)cc2)CC1. The highest BCUT2D eigenvalue weighted by molar-refractivity contribution is 7.89. The molecule has 2 aromatic rings. The van der Waals surface area contributed by atoms with Crippen LogP contribution in [0.4, 0.5) is 10.1 Å². The van der Waals surface area contributed by atoms with Gasteiger partial charge in [-0.1, -0.05) is 18.2 Å². The number of sulfonamides is 1. The van der Waals surface area contributed by atoms with Gasteiger partial charge in [0.15, 0.2) is 0 Å². The number of hydrogen-bond acceptors (Lipinski definition) is 5. The summed E-state index contributed by atoms with van der Waals surface area (Å²) >= 11 is 0. The number of carbonyl (C=O) groups excluding carboxylic acids is 1. The number of nitro benzene ring substituents is 1. The summed E-state index contributed by atoms with van der Waals surface area (Å²) in [7, 11) is -3.79. The average molecular weight is 421 g/mol. The van der Waals surface area contributed by atoms with E-state index in [2.05, 4.69) is 0 Å². The van der Waals surface area contributed by atoms with Crippen molar-refractivity contribution < 1.29 is 22.5 Å². The molecule has 1 fully saturated rings. The van der Waals surface area contributed by atoms with Crippen LogP contribution in [0.3, 0.4) is 0 Å². The Hall–Kier alpha value is -2.85. The second kappa shape index (κ2) is 8.66. The third-order valence-corrected chi connectivity index (χ3v) is 6.70. The van der Waals surface area contributed by atoms with Crippen molar-refractivity contribution in [3.63, 3.8) is 0 Å². The van der Waals surface area contributed by atoms with Gasteiger partial charge in [-0.25, -0.2) is 12.8 Å². The monoisotopic (exact) mass is 421 g/mol. The molecule has 154 valence electrons. The number of amides is 1. The van der Waals surface area contributed by atoms with Crippen molar-refractivity contribution in [1.82, 2.24) is 9.21 Å². The van der Waals surface area contributed by atoms with Crippen molar-refractivity contribution in [3.05, 3.63) is 70.0 Å². The standard InChI is InChI=1S/C19H20FN3O5S/c20-16-6-8-17(9-7-16)29(27,28)22-11-3-10-21(12-13-22)19(24)14-15-4-1-2-5-18(15)23(25)26/h1-2,4-9H,3,10-14H2. The molecule has 0 spiro atoms. The maximum Gasteiger partial charge on any atom is 0.273 e. The highest BCUT2D eigenvalue weighted by Crippen LogP contribution is 2.21. The fourth-order valence-corrected chi connectivity index (χ4v) is 4.72. The summed E-state index contributed by atoms with van der Waals surface area (Å²) < 4.78 is 39.9. The van der Waals surface area contributed by atoms with Gasteiger partial charge in [-0.15, -0.1) is 0 Å². The largest absolute Gasteiger partial charge is 0.341 e. The lowest BCUT2D eigenvalue weighted by Crippen LogP contribution is -2.38. The normalized spacial score (nSPS) is 15.7. The predicted molar refractivity (Wildman–Crippen MR) is 103 cm³/mol. The number of para-hydroxylation sites is 1. The van der Waals surface area contributed by atoms with Crippen LogP contribution >= 0.6 is 0 Å². The molecule has 3 rings (SSSR count). The van der Waals surface area contributed by atoms with E-state index in [9.17, 15) is 27.7 Å². The van der Waals surface area contributed by atoms with E-state index in [1.165, 1.54) is 33.5 Å². The molecule has 8 nitrogen and oxygen atoms in total. The Labute approximate surface area is 167 Å². The van der Waals surface area contributed by atoms with Crippen molar-refractivity contribution in [3.8, 4) is 0 Å². The second-order valence-corrected chi connectivity index (χ2v) is 8.59. The van der Waals surface area contributed by atoms with E-state index in [0.29, 0.717) is 18.5 Å². The summed E-state index contributed by atoms with van der Waals surface area (Å²) in [5, 5.41) is 11.1. The molecule has 1 heterocycles. The maximum absolute atomic E-state index is 13.1. The summed E-state index contributed by atoms with van der Waals surface area (Å²) in [5.41, 5.74) is 0.207. The van der Waals surface area contributed by atoms with Crippen LogP contribution in [-0.4, -0.2) is 54.6 Å². The zero-order chi connectivity index (χ0) is 21.0. The van der Waals surface area contributed by atoms with Gasteiger partial charge in [0, 0.05) is 37.8 Å².